The number of pyridine rings is 1. The van der Waals surface area contributed by atoms with Crippen molar-refractivity contribution in [2.45, 2.75) is 18.9 Å². The van der Waals surface area contributed by atoms with Crippen molar-refractivity contribution in [2.24, 2.45) is 0 Å². The quantitative estimate of drug-likeness (QED) is 0.776. The fourth-order valence-electron chi connectivity index (χ4n) is 3.37. The van der Waals surface area contributed by atoms with Crippen molar-refractivity contribution in [1.29, 1.82) is 0 Å². The van der Waals surface area contributed by atoms with Crippen LogP contribution in [0.5, 0.6) is 0 Å². The van der Waals surface area contributed by atoms with E-state index >= 15 is 0 Å². The average Bonchev–Trinajstić information content (AvgIpc) is 3.06. The van der Waals surface area contributed by atoms with Crippen LogP contribution in [0.3, 0.4) is 0 Å². The topological polar surface area (TPSA) is 69.7 Å². The summed E-state index contributed by atoms with van der Waals surface area (Å²) in [5, 5.41) is 4.53. The lowest BCUT2D eigenvalue weighted by Gasteiger charge is -2.34. The maximum atomic E-state index is 4.48. The first kappa shape index (κ1) is 14.1. The van der Waals surface area contributed by atoms with E-state index in [-0.39, 0.29) is 0 Å². The summed E-state index contributed by atoms with van der Waals surface area (Å²) < 4.78 is 0. The normalized spacial score (nSPS) is 18.5. The molecule has 2 N–H and O–H groups in total. The molecular formula is C17H20N6. The summed E-state index contributed by atoms with van der Waals surface area (Å²) in [5.41, 5.74) is 4.05. The number of rotatable bonds is 3. The van der Waals surface area contributed by atoms with Crippen molar-refractivity contribution >= 4 is 16.7 Å². The predicted octanol–water partition coefficient (Wildman–Crippen LogP) is 2.21. The molecule has 23 heavy (non-hydrogen) atoms. The van der Waals surface area contributed by atoms with E-state index in [2.05, 4.69) is 36.2 Å². The zero-order valence-corrected chi connectivity index (χ0v) is 13.2. The summed E-state index contributed by atoms with van der Waals surface area (Å²) in [6.07, 6.45) is 11.5. The van der Waals surface area contributed by atoms with E-state index in [1.54, 1.807) is 18.6 Å². The van der Waals surface area contributed by atoms with Gasteiger partial charge in [0.15, 0.2) is 0 Å². The summed E-state index contributed by atoms with van der Waals surface area (Å²) in [6.45, 7) is 2.09. The SMILES string of the molecule is CN[C@H]1CCCN(c2ccnc3[nH]cc(-c4cnccn4)c23)C1. The number of nitrogens with zero attached hydrogens (tertiary/aromatic N) is 4. The highest BCUT2D eigenvalue weighted by atomic mass is 15.2. The van der Waals surface area contributed by atoms with Gasteiger partial charge in [-0.3, -0.25) is 9.97 Å². The maximum Gasteiger partial charge on any atom is 0.140 e. The molecule has 0 amide bonds. The number of piperidine rings is 1. The van der Waals surface area contributed by atoms with Crippen LogP contribution in [0, 0.1) is 0 Å². The molecule has 0 unspecified atom stereocenters. The Balaban J connectivity index is 1.82. The van der Waals surface area contributed by atoms with E-state index in [1.807, 2.05) is 19.4 Å². The number of fused-ring (bicyclic) bond motifs is 1. The molecule has 0 aromatic carbocycles. The Labute approximate surface area is 135 Å². The minimum Gasteiger partial charge on any atom is -0.369 e. The van der Waals surface area contributed by atoms with E-state index < -0.39 is 0 Å². The molecule has 0 spiro atoms. The second-order valence-electron chi connectivity index (χ2n) is 5.92. The molecule has 1 atom stereocenters. The van der Waals surface area contributed by atoms with Gasteiger partial charge in [-0.25, -0.2) is 4.98 Å². The molecule has 4 heterocycles. The van der Waals surface area contributed by atoms with E-state index in [0.717, 1.165) is 35.4 Å². The Bertz CT molecular complexity index is 797. The summed E-state index contributed by atoms with van der Waals surface area (Å²) >= 11 is 0. The molecule has 1 aliphatic heterocycles. The van der Waals surface area contributed by atoms with E-state index in [4.69, 9.17) is 0 Å². The molecule has 0 radical (unpaired) electrons. The Morgan fingerprint density at radius 1 is 1.26 bits per heavy atom. The molecule has 6 nitrogen and oxygen atoms in total. The number of H-pyrrole nitrogens is 1. The molecule has 1 saturated heterocycles. The van der Waals surface area contributed by atoms with Gasteiger partial charge in [0.2, 0.25) is 0 Å². The monoisotopic (exact) mass is 308 g/mol. The largest absolute Gasteiger partial charge is 0.369 e. The number of hydrogen-bond acceptors (Lipinski definition) is 5. The Kier molecular flexibility index (Phi) is 3.67. The zero-order chi connectivity index (χ0) is 15.6. The molecule has 3 aromatic heterocycles. The lowest BCUT2D eigenvalue weighted by molar-refractivity contribution is 0.450. The van der Waals surface area contributed by atoms with Crippen LogP contribution in [-0.2, 0) is 0 Å². The van der Waals surface area contributed by atoms with Crippen LogP contribution in [0.4, 0.5) is 5.69 Å². The van der Waals surface area contributed by atoms with Gasteiger partial charge >= 0.3 is 0 Å². The fraction of sp³-hybridized carbons (Fsp3) is 0.353. The lowest BCUT2D eigenvalue weighted by atomic mass is 10.0. The lowest BCUT2D eigenvalue weighted by Crippen LogP contribution is -2.44. The third-order valence-corrected chi connectivity index (χ3v) is 4.56. The second kappa shape index (κ2) is 5.96. The van der Waals surface area contributed by atoms with E-state index in [0.29, 0.717) is 6.04 Å². The number of anilines is 1. The van der Waals surface area contributed by atoms with Crippen LogP contribution in [0.2, 0.25) is 0 Å². The van der Waals surface area contributed by atoms with Crippen molar-refractivity contribution in [3.8, 4) is 11.3 Å². The number of aromatic nitrogens is 4. The number of nitrogens with one attached hydrogen (secondary N) is 2. The average molecular weight is 308 g/mol. The first-order chi connectivity index (χ1) is 11.4. The minimum absolute atomic E-state index is 0.533. The summed E-state index contributed by atoms with van der Waals surface area (Å²) in [6, 6.07) is 2.64. The van der Waals surface area contributed by atoms with Gasteiger partial charge in [0.25, 0.3) is 0 Å². The maximum absolute atomic E-state index is 4.48. The van der Waals surface area contributed by atoms with Crippen LogP contribution < -0.4 is 10.2 Å². The van der Waals surface area contributed by atoms with Gasteiger partial charge in [0.05, 0.1) is 23.0 Å². The van der Waals surface area contributed by atoms with Crippen LogP contribution >= 0.6 is 0 Å². The molecule has 0 bridgehead atoms. The predicted molar refractivity (Wildman–Crippen MR) is 91.4 cm³/mol. The highest BCUT2D eigenvalue weighted by molar-refractivity contribution is 6.01. The molecule has 1 aliphatic rings. The van der Waals surface area contributed by atoms with Crippen molar-refractivity contribution in [3.63, 3.8) is 0 Å². The molecule has 1 fully saturated rings. The van der Waals surface area contributed by atoms with Gasteiger partial charge in [-0.2, -0.15) is 0 Å². The van der Waals surface area contributed by atoms with Gasteiger partial charge in [0, 0.05) is 49.5 Å². The van der Waals surface area contributed by atoms with Crippen molar-refractivity contribution in [2.75, 3.05) is 25.0 Å². The van der Waals surface area contributed by atoms with Gasteiger partial charge < -0.3 is 15.2 Å². The standard InChI is InChI=1S/C17H20N6/c1-18-12-3-2-8-23(11-12)15-4-5-21-17-16(15)13(9-22-17)14-10-19-6-7-20-14/h4-7,9-10,12,18H,2-3,8,11H2,1H3,(H,21,22)/t12-/m0/s1. The summed E-state index contributed by atoms with van der Waals surface area (Å²) in [4.78, 5) is 18.8. The molecular weight excluding hydrogens is 288 g/mol. The van der Waals surface area contributed by atoms with Crippen LogP contribution in [0.15, 0.2) is 37.1 Å². The van der Waals surface area contributed by atoms with Gasteiger partial charge in [-0.15, -0.1) is 0 Å². The highest BCUT2D eigenvalue weighted by Crippen LogP contribution is 2.34. The van der Waals surface area contributed by atoms with E-state index in [1.165, 1.54) is 18.5 Å². The Morgan fingerprint density at radius 2 is 2.22 bits per heavy atom. The van der Waals surface area contributed by atoms with E-state index in [9.17, 15) is 0 Å². The molecule has 6 heteroatoms. The number of likely N-dealkylation sites (N-methyl/N-ethyl adjacent to an activating group) is 1. The number of aromatic amines is 1. The first-order valence-corrected chi connectivity index (χ1v) is 8.01. The zero-order valence-electron chi connectivity index (χ0n) is 13.2. The third kappa shape index (κ3) is 2.55. The van der Waals surface area contributed by atoms with Crippen molar-refractivity contribution in [3.05, 3.63) is 37.1 Å². The second-order valence-corrected chi connectivity index (χ2v) is 5.92. The summed E-state index contributed by atoms with van der Waals surface area (Å²) in [7, 11) is 2.04. The fourth-order valence-corrected chi connectivity index (χ4v) is 3.37. The smallest absolute Gasteiger partial charge is 0.140 e. The third-order valence-electron chi connectivity index (χ3n) is 4.56. The van der Waals surface area contributed by atoms with Gasteiger partial charge in [-0.05, 0) is 26.0 Å². The molecule has 3 aromatic rings. The van der Waals surface area contributed by atoms with Crippen molar-refractivity contribution < 1.29 is 0 Å². The van der Waals surface area contributed by atoms with Crippen LogP contribution in [0.25, 0.3) is 22.3 Å². The van der Waals surface area contributed by atoms with Gasteiger partial charge in [-0.1, -0.05) is 0 Å². The molecule has 0 aliphatic carbocycles. The van der Waals surface area contributed by atoms with Gasteiger partial charge in [0.1, 0.15) is 5.65 Å². The number of hydrogen-bond donors (Lipinski definition) is 2. The Morgan fingerprint density at radius 3 is 3.04 bits per heavy atom. The summed E-state index contributed by atoms with van der Waals surface area (Å²) in [5.74, 6) is 0. The van der Waals surface area contributed by atoms with Crippen LogP contribution in [0.1, 0.15) is 12.8 Å². The molecule has 118 valence electrons. The molecule has 0 saturated carbocycles. The van der Waals surface area contributed by atoms with Crippen LogP contribution in [-0.4, -0.2) is 46.1 Å². The Hall–Kier alpha value is -2.47. The molecule has 4 rings (SSSR count). The highest BCUT2D eigenvalue weighted by Gasteiger charge is 2.22. The van der Waals surface area contributed by atoms with Crippen molar-refractivity contribution in [1.82, 2.24) is 25.3 Å². The first-order valence-electron chi connectivity index (χ1n) is 8.01. The minimum atomic E-state index is 0.533.